The van der Waals surface area contributed by atoms with E-state index >= 15 is 0 Å². The summed E-state index contributed by atoms with van der Waals surface area (Å²) in [5.74, 6) is 1.12. The molecule has 1 aliphatic rings. The molecule has 2 heteroatoms. The Morgan fingerprint density at radius 2 is 2.16 bits per heavy atom. The number of nitrogens with zero attached hydrogens (tertiary/aromatic N) is 1. The minimum atomic E-state index is 0.263. The van der Waals surface area contributed by atoms with Crippen molar-refractivity contribution in [3.05, 3.63) is 35.4 Å². The van der Waals surface area contributed by atoms with Gasteiger partial charge in [-0.1, -0.05) is 37.1 Å². The van der Waals surface area contributed by atoms with Crippen LogP contribution >= 0.6 is 0 Å². The number of Topliss-reactive ketones (excluding diaryl/α,β-unsaturated/α-hetero) is 1. The lowest BCUT2D eigenvalue weighted by Gasteiger charge is -2.19. The average molecular weight is 259 g/mol. The predicted molar refractivity (Wildman–Crippen MR) is 79.6 cm³/mol. The van der Waals surface area contributed by atoms with Crippen LogP contribution in [0, 0.1) is 12.8 Å². The van der Waals surface area contributed by atoms with Gasteiger partial charge in [-0.15, -0.1) is 0 Å². The Morgan fingerprint density at radius 1 is 1.32 bits per heavy atom. The quantitative estimate of drug-likeness (QED) is 0.769. The summed E-state index contributed by atoms with van der Waals surface area (Å²) in [5, 5.41) is 0. The summed E-state index contributed by atoms with van der Waals surface area (Å²) in [6, 6.07) is 7.93. The fourth-order valence-corrected chi connectivity index (χ4v) is 2.90. The molecule has 1 atom stereocenters. The molecule has 1 heterocycles. The van der Waals surface area contributed by atoms with Crippen LogP contribution in [-0.4, -0.2) is 30.3 Å². The van der Waals surface area contributed by atoms with Crippen molar-refractivity contribution in [2.24, 2.45) is 5.92 Å². The number of rotatable bonds is 4. The van der Waals surface area contributed by atoms with Crippen LogP contribution in [0.25, 0.3) is 0 Å². The summed E-state index contributed by atoms with van der Waals surface area (Å²) in [7, 11) is 0. The first-order chi connectivity index (χ1) is 9.19. The number of hydrogen-bond donors (Lipinski definition) is 0. The minimum Gasteiger partial charge on any atom is -0.296 e. The lowest BCUT2D eigenvalue weighted by atomic mass is 9.98. The molecule has 2 rings (SSSR count). The first-order valence-electron chi connectivity index (χ1n) is 7.51. The molecule has 104 valence electrons. The standard InChI is InChI=1S/C17H25NO/c1-3-15-7-5-10-18(11-9-15)13-17(19)16-8-4-6-14(2)12-16/h4,6,8,12,15H,3,5,7,9-11,13H2,1-2H3. The second kappa shape index (κ2) is 6.85. The zero-order valence-corrected chi connectivity index (χ0v) is 12.2. The molecular weight excluding hydrogens is 234 g/mol. The van der Waals surface area contributed by atoms with Gasteiger partial charge < -0.3 is 0 Å². The van der Waals surface area contributed by atoms with E-state index in [0.717, 1.165) is 30.1 Å². The second-order valence-corrected chi connectivity index (χ2v) is 5.77. The molecule has 0 radical (unpaired) electrons. The van der Waals surface area contributed by atoms with Crippen molar-refractivity contribution in [2.45, 2.75) is 39.5 Å². The number of carbonyl (C=O) groups excluding carboxylic acids is 1. The molecule has 1 fully saturated rings. The molecule has 1 aromatic carbocycles. The summed E-state index contributed by atoms with van der Waals surface area (Å²) in [4.78, 5) is 14.6. The van der Waals surface area contributed by atoms with Crippen LogP contribution in [0.1, 0.15) is 48.5 Å². The van der Waals surface area contributed by atoms with Crippen LogP contribution in [0.15, 0.2) is 24.3 Å². The van der Waals surface area contributed by atoms with Gasteiger partial charge in [0.05, 0.1) is 6.54 Å². The maximum absolute atomic E-state index is 12.3. The van der Waals surface area contributed by atoms with E-state index in [2.05, 4.69) is 11.8 Å². The first-order valence-corrected chi connectivity index (χ1v) is 7.51. The van der Waals surface area contributed by atoms with Crippen molar-refractivity contribution in [1.29, 1.82) is 0 Å². The Morgan fingerprint density at radius 3 is 2.89 bits per heavy atom. The van der Waals surface area contributed by atoms with Crippen molar-refractivity contribution in [3.63, 3.8) is 0 Å². The molecule has 0 bridgehead atoms. The van der Waals surface area contributed by atoms with Crippen molar-refractivity contribution < 1.29 is 4.79 Å². The van der Waals surface area contributed by atoms with E-state index in [0.29, 0.717) is 6.54 Å². The summed E-state index contributed by atoms with van der Waals surface area (Å²) in [6.07, 6.45) is 5.09. The normalized spacial score (nSPS) is 21.1. The maximum Gasteiger partial charge on any atom is 0.176 e. The number of aryl methyl sites for hydroxylation is 1. The monoisotopic (exact) mass is 259 g/mol. The molecular formula is C17H25NO. The lowest BCUT2D eigenvalue weighted by Crippen LogP contribution is -2.31. The molecule has 1 unspecified atom stereocenters. The molecule has 1 aromatic rings. The van der Waals surface area contributed by atoms with Gasteiger partial charge in [-0.05, 0) is 51.3 Å². The summed E-state index contributed by atoms with van der Waals surface area (Å²) >= 11 is 0. The fourth-order valence-electron chi connectivity index (χ4n) is 2.90. The SMILES string of the molecule is CCC1CCCN(CC(=O)c2cccc(C)c2)CC1. The molecule has 0 aliphatic carbocycles. The average Bonchev–Trinajstić information content (AvgIpc) is 2.64. The van der Waals surface area contributed by atoms with Crippen LogP contribution in [0.5, 0.6) is 0 Å². The van der Waals surface area contributed by atoms with Gasteiger partial charge in [-0.3, -0.25) is 9.69 Å². The van der Waals surface area contributed by atoms with E-state index in [1.54, 1.807) is 0 Å². The highest BCUT2D eigenvalue weighted by Crippen LogP contribution is 2.20. The lowest BCUT2D eigenvalue weighted by molar-refractivity contribution is 0.0932. The molecule has 19 heavy (non-hydrogen) atoms. The van der Waals surface area contributed by atoms with Gasteiger partial charge in [-0.25, -0.2) is 0 Å². The van der Waals surface area contributed by atoms with Crippen molar-refractivity contribution in [2.75, 3.05) is 19.6 Å². The first kappa shape index (κ1) is 14.3. The molecule has 0 aromatic heterocycles. The van der Waals surface area contributed by atoms with E-state index in [1.165, 1.54) is 25.7 Å². The number of benzene rings is 1. The van der Waals surface area contributed by atoms with Gasteiger partial charge in [0.1, 0.15) is 0 Å². The second-order valence-electron chi connectivity index (χ2n) is 5.77. The van der Waals surface area contributed by atoms with Gasteiger partial charge in [0.2, 0.25) is 0 Å². The van der Waals surface area contributed by atoms with E-state index in [9.17, 15) is 4.79 Å². The summed E-state index contributed by atoms with van der Waals surface area (Å²) in [5.41, 5.74) is 2.02. The molecule has 1 saturated heterocycles. The zero-order chi connectivity index (χ0) is 13.7. The van der Waals surface area contributed by atoms with Crippen molar-refractivity contribution >= 4 is 5.78 Å². The summed E-state index contributed by atoms with van der Waals surface area (Å²) < 4.78 is 0. The number of likely N-dealkylation sites (tertiary alicyclic amines) is 1. The predicted octanol–water partition coefficient (Wildman–Crippen LogP) is 3.69. The van der Waals surface area contributed by atoms with Gasteiger partial charge in [0, 0.05) is 5.56 Å². The van der Waals surface area contributed by atoms with Gasteiger partial charge in [-0.2, -0.15) is 0 Å². The van der Waals surface area contributed by atoms with Crippen LogP contribution in [0.2, 0.25) is 0 Å². The topological polar surface area (TPSA) is 20.3 Å². The smallest absolute Gasteiger partial charge is 0.176 e. The Bertz CT molecular complexity index is 427. The largest absolute Gasteiger partial charge is 0.296 e. The van der Waals surface area contributed by atoms with Crippen LogP contribution in [0.4, 0.5) is 0 Å². The maximum atomic E-state index is 12.3. The number of carbonyl (C=O) groups is 1. The zero-order valence-electron chi connectivity index (χ0n) is 12.2. The van der Waals surface area contributed by atoms with E-state index in [4.69, 9.17) is 0 Å². The third kappa shape index (κ3) is 4.17. The van der Waals surface area contributed by atoms with Crippen molar-refractivity contribution in [1.82, 2.24) is 4.90 Å². The number of ketones is 1. The third-order valence-electron chi connectivity index (χ3n) is 4.22. The molecule has 2 nitrogen and oxygen atoms in total. The van der Waals surface area contributed by atoms with Gasteiger partial charge >= 0.3 is 0 Å². The van der Waals surface area contributed by atoms with Crippen LogP contribution in [0.3, 0.4) is 0 Å². The third-order valence-corrected chi connectivity index (χ3v) is 4.22. The van der Waals surface area contributed by atoms with Crippen LogP contribution < -0.4 is 0 Å². The molecule has 1 aliphatic heterocycles. The van der Waals surface area contributed by atoms with Gasteiger partial charge in [0.25, 0.3) is 0 Å². The molecule has 0 saturated carbocycles. The Labute approximate surface area is 116 Å². The number of hydrogen-bond acceptors (Lipinski definition) is 2. The van der Waals surface area contributed by atoms with E-state index in [1.807, 2.05) is 31.2 Å². The van der Waals surface area contributed by atoms with Crippen LogP contribution in [-0.2, 0) is 0 Å². The molecule has 0 spiro atoms. The molecule has 0 amide bonds. The highest BCUT2D eigenvalue weighted by molar-refractivity contribution is 5.97. The highest BCUT2D eigenvalue weighted by Gasteiger charge is 2.18. The minimum absolute atomic E-state index is 0.263. The molecule has 0 N–H and O–H groups in total. The highest BCUT2D eigenvalue weighted by atomic mass is 16.1. The Hall–Kier alpha value is -1.15. The van der Waals surface area contributed by atoms with Crippen molar-refractivity contribution in [3.8, 4) is 0 Å². The van der Waals surface area contributed by atoms with E-state index in [-0.39, 0.29) is 5.78 Å². The van der Waals surface area contributed by atoms with E-state index < -0.39 is 0 Å². The van der Waals surface area contributed by atoms with Gasteiger partial charge in [0.15, 0.2) is 5.78 Å². The Balaban J connectivity index is 1.92. The Kier molecular flexibility index (Phi) is 5.15. The summed E-state index contributed by atoms with van der Waals surface area (Å²) in [6.45, 7) is 7.05. The fraction of sp³-hybridized carbons (Fsp3) is 0.588.